The third-order valence-electron chi connectivity index (χ3n) is 13.3. The molecule has 9 atom stereocenters. The van der Waals surface area contributed by atoms with Crippen LogP contribution in [0.5, 0.6) is 0 Å². The number of allylic oxidation sites excluding steroid dienone is 3. The Morgan fingerprint density at radius 3 is 1.42 bits per heavy atom. The van der Waals surface area contributed by atoms with E-state index in [0.717, 1.165) is 25.7 Å². The summed E-state index contributed by atoms with van der Waals surface area (Å²) in [5, 5.41) is 75.8. The largest absolute Gasteiger partial charge is 0.394 e. The van der Waals surface area contributed by atoms with Crippen molar-refractivity contribution in [1.29, 1.82) is 0 Å². The molecule has 1 saturated heterocycles. The standard InChI is InChI=1S/C54H103NO10/c1-3-5-7-9-11-13-15-17-18-19-20-21-22-23-24-25-26-27-28-29-30-32-33-35-37-39-41-46(57)49(59)45(44-64-54-52(62)51(61)50(60)48(43-56)65-54)55-53(63)47(58)42-40-38-36-34-31-16-14-12-10-8-6-4-2/h31,34,38,40,45-52,54,56-62H,3-30,32-33,35-37,39,41-44H2,1-2H3,(H,55,63)/b34-31-,40-38-. The summed E-state index contributed by atoms with van der Waals surface area (Å²) in [6.07, 6.45) is 39.8. The summed E-state index contributed by atoms with van der Waals surface area (Å²) < 4.78 is 11.1. The lowest BCUT2D eigenvalue weighted by atomic mass is 9.98. The van der Waals surface area contributed by atoms with Crippen molar-refractivity contribution >= 4 is 5.91 Å². The number of aliphatic hydroxyl groups excluding tert-OH is 7. The average molecular weight is 926 g/mol. The van der Waals surface area contributed by atoms with Crippen LogP contribution in [0.2, 0.25) is 0 Å². The van der Waals surface area contributed by atoms with Gasteiger partial charge in [-0.25, -0.2) is 0 Å². The second kappa shape index (κ2) is 43.8. The summed E-state index contributed by atoms with van der Waals surface area (Å²) in [5.41, 5.74) is 0. The summed E-state index contributed by atoms with van der Waals surface area (Å²) in [7, 11) is 0. The number of amides is 1. The van der Waals surface area contributed by atoms with Gasteiger partial charge < -0.3 is 50.5 Å². The van der Waals surface area contributed by atoms with Crippen LogP contribution >= 0.6 is 0 Å². The lowest BCUT2D eigenvalue weighted by Gasteiger charge is -2.40. The second-order valence-corrected chi connectivity index (χ2v) is 19.3. The van der Waals surface area contributed by atoms with Crippen molar-refractivity contribution in [3.63, 3.8) is 0 Å². The van der Waals surface area contributed by atoms with E-state index in [0.29, 0.717) is 19.3 Å². The summed E-state index contributed by atoms with van der Waals surface area (Å²) in [5.74, 6) is -0.762. The molecule has 1 heterocycles. The molecular formula is C54H103NO10. The van der Waals surface area contributed by atoms with Crippen LogP contribution in [0.3, 0.4) is 0 Å². The van der Waals surface area contributed by atoms with E-state index in [4.69, 9.17) is 9.47 Å². The first-order valence-electron chi connectivity index (χ1n) is 27.2. The van der Waals surface area contributed by atoms with Crippen LogP contribution in [-0.4, -0.2) is 110 Å². The fourth-order valence-corrected chi connectivity index (χ4v) is 8.78. The first-order chi connectivity index (χ1) is 31.7. The Labute approximate surface area is 397 Å². The molecule has 384 valence electrons. The minimum Gasteiger partial charge on any atom is -0.394 e. The minimum absolute atomic E-state index is 0.0512. The van der Waals surface area contributed by atoms with Crippen LogP contribution in [0.1, 0.15) is 245 Å². The Morgan fingerprint density at radius 2 is 0.969 bits per heavy atom. The molecule has 1 amide bonds. The zero-order valence-electron chi connectivity index (χ0n) is 41.7. The van der Waals surface area contributed by atoms with Crippen molar-refractivity contribution in [3.8, 4) is 0 Å². The molecule has 0 aromatic carbocycles. The smallest absolute Gasteiger partial charge is 0.249 e. The molecule has 65 heavy (non-hydrogen) atoms. The molecule has 11 nitrogen and oxygen atoms in total. The van der Waals surface area contributed by atoms with Crippen molar-refractivity contribution in [2.24, 2.45) is 0 Å². The number of aliphatic hydroxyl groups is 7. The van der Waals surface area contributed by atoms with Gasteiger partial charge in [0, 0.05) is 6.42 Å². The molecule has 1 aliphatic rings. The molecule has 1 aliphatic heterocycles. The van der Waals surface area contributed by atoms with Crippen molar-refractivity contribution in [1.82, 2.24) is 5.32 Å². The van der Waals surface area contributed by atoms with Gasteiger partial charge in [0.1, 0.15) is 36.6 Å². The van der Waals surface area contributed by atoms with Gasteiger partial charge >= 0.3 is 0 Å². The van der Waals surface area contributed by atoms with E-state index in [9.17, 15) is 40.5 Å². The molecule has 8 N–H and O–H groups in total. The predicted molar refractivity (Wildman–Crippen MR) is 266 cm³/mol. The van der Waals surface area contributed by atoms with E-state index in [1.165, 1.54) is 180 Å². The van der Waals surface area contributed by atoms with Crippen LogP contribution < -0.4 is 5.32 Å². The van der Waals surface area contributed by atoms with Gasteiger partial charge in [-0.15, -0.1) is 0 Å². The highest BCUT2D eigenvalue weighted by atomic mass is 16.7. The zero-order chi connectivity index (χ0) is 47.6. The van der Waals surface area contributed by atoms with Crippen molar-refractivity contribution in [2.75, 3.05) is 13.2 Å². The molecular weight excluding hydrogens is 823 g/mol. The van der Waals surface area contributed by atoms with Gasteiger partial charge in [0.25, 0.3) is 0 Å². The molecule has 0 radical (unpaired) electrons. The lowest BCUT2D eigenvalue weighted by Crippen LogP contribution is -2.60. The van der Waals surface area contributed by atoms with Crippen LogP contribution in [0.25, 0.3) is 0 Å². The number of nitrogens with one attached hydrogen (secondary N) is 1. The Morgan fingerprint density at radius 1 is 0.554 bits per heavy atom. The Kier molecular flexibility index (Phi) is 41.6. The summed E-state index contributed by atoms with van der Waals surface area (Å²) in [6, 6.07) is -1.20. The van der Waals surface area contributed by atoms with Crippen molar-refractivity contribution < 1.29 is 50.0 Å². The molecule has 11 heteroatoms. The van der Waals surface area contributed by atoms with Gasteiger partial charge in [0.05, 0.1) is 25.4 Å². The van der Waals surface area contributed by atoms with Gasteiger partial charge in [0.2, 0.25) is 5.91 Å². The number of carbonyl (C=O) groups is 1. The molecule has 0 saturated carbocycles. The first kappa shape index (κ1) is 61.6. The molecule has 9 unspecified atom stereocenters. The molecule has 1 rings (SSSR count). The Hall–Kier alpha value is -1.41. The van der Waals surface area contributed by atoms with Gasteiger partial charge in [0.15, 0.2) is 6.29 Å². The van der Waals surface area contributed by atoms with Crippen molar-refractivity contribution in [3.05, 3.63) is 24.3 Å². The van der Waals surface area contributed by atoms with Gasteiger partial charge in [-0.1, -0.05) is 237 Å². The number of unbranched alkanes of at least 4 members (excludes halogenated alkanes) is 31. The highest BCUT2D eigenvalue weighted by Gasteiger charge is 2.44. The van der Waals surface area contributed by atoms with Crippen LogP contribution in [0.15, 0.2) is 24.3 Å². The SMILES string of the molecule is CCCCCCCC/C=C\C/C=C\CC(O)C(=O)NC(COC1OC(CO)C(O)C(O)C1O)C(O)C(O)CCCCCCCCCCCCCCCCCCCCCCCCCCCC. The van der Waals surface area contributed by atoms with Gasteiger partial charge in [-0.3, -0.25) is 4.79 Å². The fraction of sp³-hybridized carbons (Fsp3) is 0.907. The number of rotatable bonds is 46. The van der Waals surface area contributed by atoms with Crippen LogP contribution in [0.4, 0.5) is 0 Å². The molecule has 0 aromatic heterocycles. The van der Waals surface area contributed by atoms with Gasteiger partial charge in [-0.2, -0.15) is 0 Å². The summed E-state index contributed by atoms with van der Waals surface area (Å²) >= 11 is 0. The summed E-state index contributed by atoms with van der Waals surface area (Å²) in [6.45, 7) is 3.41. The number of hydrogen-bond acceptors (Lipinski definition) is 10. The third kappa shape index (κ3) is 32.9. The second-order valence-electron chi connectivity index (χ2n) is 19.3. The maximum atomic E-state index is 13.1. The van der Waals surface area contributed by atoms with E-state index in [1.807, 2.05) is 6.08 Å². The zero-order valence-corrected chi connectivity index (χ0v) is 41.7. The van der Waals surface area contributed by atoms with E-state index in [-0.39, 0.29) is 6.42 Å². The quantitative estimate of drug-likeness (QED) is 0.0216. The Bertz CT molecular complexity index is 1110. The maximum Gasteiger partial charge on any atom is 0.249 e. The molecule has 0 aliphatic carbocycles. The monoisotopic (exact) mass is 926 g/mol. The molecule has 0 spiro atoms. The highest BCUT2D eigenvalue weighted by molar-refractivity contribution is 5.81. The normalized spacial score (nSPS) is 21.0. The predicted octanol–water partition coefficient (Wildman–Crippen LogP) is 10.6. The highest BCUT2D eigenvalue weighted by Crippen LogP contribution is 2.23. The third-order valence-corrected chi connectivity index (χ3v) is 13.3. The average Bonchev–Trinajstić information content (AvgIpc) is 3.31. The van der Waals surface area contributed by atoms with E-state index in [1.54, 1.807) is 6.08 Å². The molecule has 0 bridgehead atoms. The van der Waals surface area contributed by atoms with Crippen LogP contribution in [0, 0.1) is 0 Å². The minimum atomic E-state index is -1.67. The van der Waals surface area contributed by atoms with Gasteiger partial charge in [-0.05, 0) is 25.7 Å². The topological polar surface area (TPSA) is 189 Å². The lowest BCUT2D eigenvalue weighted by molar-refractivity contribution is -0.303. The number of ether oxygens (including phenoxy) is 2. The fourth-order valence-electron chi connectivity index (χ4n) is 8.78. The van der Waals surface area contributed by atoms with Crippen molar-refractivity contribution in [2.45, 2.75) is 300 Å². The number of carbonyl (C=O) groups excluding carboxylic acids is 1. The summed E-state index contributed by atoms with van der Waals surface area (Å²) in [4.78, 5) is 13.1. The van der Waals surface area contributed by atoms with E-state index in [2.05, 4.69) is 31.3 Å². The van der Waals surface area contributed by atoms with E-state index < -0.39 is 74.2 Å². The van der Waals surface area contributed by atoms with Crippen LogP contribution in [-0.2, 0) is 14.3 Å². The van der Waals surface area contributed by atoms with E-state index >= 15 is 0 Å². The molecule has 1 fully saturated rings. The number of hydrogen-bond donors (Lipinski definition) is 8. The maximum absolute atomic E-state index is 13.1. The Balaban J connectivity index is 2.30. The first-order valence-corrected chi connectivity index (χ1v) is 27.2. The molecule has 0 aromatic rings.